The van der Waals surface area contributed by atoms with Gasteiger partial charge in [0.05, 0.1) is 25.5 Å². The molecule has 1 aromatic heterocycles. The number of nitrogens with zero attached hydrogens (tertiary/aromatic N) is 5. The molecule has 3 heterocycles. The fourth-order valence-corrected chi connectivity index (χ4v) is 4.61. The van der Waals surface area contributed by atoms with E-state index in [1.165, 1.54) is 18.5 Å². The van der Waals surface area contributed by atoms with E-state index >= 15 is 0 Å². The first-order valence-corrected chi connectivity index (χ1v) is 12.1. The van der Waals surface area contributed by atoms with Crippen molar-refractivity contribution in [3.05, 3.63) is 59.4 Å². The van der Waals surface area contributed by atoms with Crippen LogP contribution in [-0.4, -0.2) is 74.0 Å². The molecule has 0 bridgehead atoms. The van der Waals surface area contributed by atoms with Gasteiger partial charge >= 0.3 is 0 Å². The smallest absolute Gasteiger partial charge is 0.176 e. The molecule has 1 aliphatic carbocycles. The van der Waals surface area contributed by atoms with Gasteiger partial charge in [-0.05, 0) is 49.6 Å². The predicted molar refractivity (Wildman–Crippen MR) is 134 cm³/mol. The van der Waals surface area contributed by atoms with Crippen LogP contribution in [0.15, 0.2) is 52.7 Å². The third-order valence-electron chi connectivity index (χ3n) is 7.05. The maximum atomic E-state index is 5.80. The molecule has 1 saturated carbocycles. The Bertz CT molecular complexity index is 1020. The third-order valence-corrected chi connectivity index (χ3v) is 7.05. The van der Waals surface area contributed by atoms with Crippen LogP contribution in [0, 0.1) is 12.3 Å². The molecule has 0 amide bonds. The van der Waals surface area contributed by atoms with E-state index in [0.717, 1.165) is 62.8 Å². The Morgan fingerprint density at radius 2 is 1.94 bits per heavy atom. The van der Waals surface area contributed by atoms with E-state index in [1.54, 1.807) is 6.21 Å². The van der Waals surface area contributed by atoms with E-state index < -0.39 is 0 Å². The number of piperazine rings is 1. The minimum Gasteiger partial charge on any atom is -0.369 e. The van der Waals surface area contributed by atoms with Crippen LogP contribution in [0.25, 0.3) is 0 Å². The van der Waals surface area contributed by atoms with E-state index in [4.69, 9.17) is 15.3 Å². The zero-order valence-electron chi connectivity index (χ0n) is 19.9. The summed E-state index contributed by atoms with van der Waals surface area (Å²) in [6, 6.07) is 12.6. The van der Waals surface area contributed by atoms with Crippen LogP contribution in [0.1, 0.15) is 29.7 Å². The number of nitrogens with two attached hydrogens (primary N) is 1. The summed E-state index contributed by atoms with van der Waals surface area (Å²) in [6.07, 6.45) is 5.74. The molecular weight excluding hydrogens is 428 g/mol. The van der Waals surface area contributed by atoms with Crippen LogP contribution in [0.5, 0.6) is 0 Å². The average Bonchev–Trinajstić information content (AvgIpc) is 3.63. The van der Waals surface area contributed by atoms with Crippen LogP contribution in [0.4, 0.5) is 5.69 Å². The number of anilines is 1. The first-order chi connectivity index (χ1) is 16.6. The molecule has 5 rings (SSSR count). The fourth-order valence-electron chi connectivity index (χ4n) is 4.61. The van der Waals surface area contributed by atoms with Gasteiger partial charge in [-0.15, -0.1) is 0 Å². The minimum atomic E-state index is -0.277. The Hall–Kier alpha value is -2.81. The van der Waals surface area contributed by atoms with Crippen molar-refractivity contribution in [2.75, 3.05) is 50.8 Å². The van der Waals surface area contributed by atoms with E-state index in [0.29, 0.717) is 17.7 Å². The van der Waals surface area contributed by atoms with Crippen molar-refractivity contribution in [1.82, 2.24) is 9.88 Å². The molecule has 1 spiro atoms. The van der Waals surface area contributed by atoms with E-state index in [1.807, 2.05) is 18.3 Å². The van der Waals surface area contributed by atoms with Gasteiger partial charge in [0, 0.05) is 61.8 Å². The van der Waals surface area contributed by atoms with Gasteiger partial charge in [-0.1, -0.05) is 12.1 Å². The van der Waals surface area contributed by atoms with Crippen molar-refractivity contribution < 1.29 is 9.47 Å². The van der Waals surface area contributed by atoms with Crippen LogP contribution in [-0.2, 0) is 16.0 Å². The molecule has 3 fully saturated rings. The number of aliphatic imine (C=N–C) groups is 1. The van der Waals surface area contributed by atoms with E-state index in [9.17, 15) is 0 Å². The highest BCUT2D eigenvalue weighted by Gasteiger charge is 2.46. The molecule has 34 heavy (non-hydrogen) atoms. The number of hydrazone groups is 1. The van der Waals surface area contributed by atoms with Crippen LogP contribution in [0.3, 0.4) is 0 Å². The van der Waals surface area contributed by atoms with Gasteiger partial charge in [-0.2, -0.15) is 5.10 Å². The number of hydrogen-bond donors (Lipinski definition) is 1. The second-order valence-corrected chi connectivity index (χ2v) is 9.64. The second-order valence-electron chi connectivity index (χ2n) is 9.64. The van der Waals surface area contributed by atoms with Crippen molar-refractivity contribution in [2.24, 2.45) is 21.4 Å². The van der Waals surface area contributed by atoms with Crippen LogP contribution >= 0.6 is 0 Å². The highest BCUT2D eigenvalue weighted by Crippen LogP contribution is 2.48. The van der Waals surface area contributed by atoms with Gasteiger partial charge in [0.25, 0.3) is 0 Å². The lowest BCUT2D eigenvalue weighted by Crippen LogP contribution is -2.46. The van der Waals surface area contributed by atoms with Crippen molar-refractivity contribution in [3.8, 4) is 0 Å². The van der Waals surface area contributed by atoms with Crippen molar-refractivity contribution in [1.29, 1.82) is 0 Å². The largest absolute Gasteiger partial charge is 0.369 e. The molecule has 2 saturated heterocycles. The summed E-state index contributed by atoms with van der Waals surface area (Å²) in [6.45, 7) is 9.04. The van der Waals surface area contributed by atoms with Gasteiger partial charge < -0.3 is 20.2 Å². The Kier molecular flexibility index (Phi) is 6.89. The average molecular weight is 463 g/mol. The third kappa shape index (κ3) is 5.46. The number of benzene rings is 1. The molecule has 8 nitrogen and oxygen atoms in total. The normalized spacial score (nSPS) is 21.4. The van der Waals surface area contributed by atoms with Gasteiger partial charge in [0.15, 0.2) is 6.29 Å². The predicted octanol–water partition coefficient (Wildman–Crippen LogP) is 2.60. The van der Waals surface area contributed by atoms with Crippen LogP contribution < -0.4 is 10.7 Å². The summed E-state index contributed by atoms with van der Waals surface area (Å²) >= 11 is 0. The number of rotatable bonds is 7. The summed E-state index contributed by atoms with van der Waals surface area (Å²) in [5.74, 6) is 5.71. The molecule has 0 unspecified atom stereocenters. The summed E-state index contributed by atoms with van der Waals surface area (Å²) in [5.41, 5.74) is 5.44. The summed E-state index contributed by atoms with van der Waals surface area (Å²) in [5, 5.41) is 3.99. The molecular formula is C26H34N6O2. The lowest BCUT2D eigenvalue weighted by atomic mass is 10.0. The molecule has 180 valence electrons. The first-order valence-electron chi connectivity index (χ1n) is 12.1. The molecule has 0 radical (unpaired) electrons. The molecule has 2 aromatic rings. The quantitative estimate of drug-likeness (QED) is 0.387. The number of pyridine rings is 1. The van der Waals surface area contributed by atoms with Gasteiger partial charge in [0.1, 0.15) is 5.71 Å². The standard InChI is InChI=1S/C26H34N6O2/c1-20-14-22(32-12-10-31(11-13-32)17-21-4-2-3-9-29-21)5-6-23(20)24(30-27)15-28-16-25-33-18-26(7-8-26)19-34-25/h2-6,9,14-15,25H,7-8,10-13,16-19,27H2,1H3/b28-15?,30-24+. The monoisotopic (exact) mass is 462 g/mol. The fraction of sp³-hybridized carbons (Fsp3) is 0.500. The molecule has 0 atom stereocenters. The zero-order chi connectivity index (χ0) is 23.4. The summed E-state index contributed by atoms with van der Waals surface area (Å²) < 4.78 is 11.6. The maximum absolute atomic E-state index is 5.80. The highest BCUT2D eigenvalue weighted by molar-refractivity contribution is 6.38. The first kappa shape index (κ1) is 23.0. The zero-order valence-corrected chi connectivity index (χ0v) is 19.9. The van der Waals surface area contributed by atoms with E-state index in [-0.39, 0.29) is 6.29 Å². The molecule has 3 aliphatic rings. The van der Waals surface area contributed by atoms with Gasteiger partial charge in [-0.3, -0.25) is 14.9 Å². The van der Waals surface area contributed by atoms with Crippen LogP contribution in [0.2, 0.25) is 0 Å². The van der Waals surface area contributed by atoms with Crippen molar-refractivity contribution in [2.45, 2.75) is 32.6 Å². The Labute approximate surface area is 201 Å². The Balaban J connectivity index is 1.14. The highest BCUT2D eigenvalue weighted by atomic mass is 16.7. The van der Waals surface area contributed by atoms with E-state index in [2.05, 4.69) is 56.1 Å². The second kappa shape index (κ2) is 10.2. The molecule has 8 heteroatoms. The lowest BCUT2D eigenvalue weighted by molar-refractivity contribution is -0.201. The maximum Gasteiger partial charge on any atom is 0.176 e. The Morgan fingerprint density at radius 3 is 2.59 bits per heavy atom. The summed E-state index contributed by atoms with van der Waals surface area (Å²) in [4.78, 5) is 13.8. The van der Waals surface area contributed by atoms with Crippen molar-refractivity contribution in [3.63, 3.8) is 0 Å². The minimum absolute atomic E-state index is 0.277. The summed E-state index contributed by atoms with van der Waals surface area (Å²) in [7, 11) is 0. The topological polar surface area (TPSA) is 88.6 Å². The molecule has 2 N–H and O–H groups in total. The molecule has 1 aromatic carbocycles. The van der Waals surface area contributed by atoms with Crippen molar-refractivity contribution >= 4 is 17.6 Å². The molecule has 2 aliphatic heterocycles. The van der Waals surface area contributed by atoms with Gasteiger partial charge in [0.2, 0.25) is 0 Å². The number of aryl methyl sites for hydroxylation is 1. The number of hydrogen-bond acceptors (Lipinski definition) is 8. The van der Waals surface area contributed by atoms with Gasteiger partial charge in [-0.25, -0.2) is 0 Å². The number of aromatic nitrogens is 1. The SMILES string of the molecule is Cc1cc(N2CCN(Cc3ccccn3)CC2)ccc1/C(C=NCC1OCC2(CC2)CO1)=N/N. The number of ether oxygens (including phenoxy) is 2. The lowest BCUT2D eigenvalue weighted by Gasteiger charge is -2.36. The Morgan fingerprint density at radius 1 is 1.15 bits per heavy atom.